The van der Waals surface area contributed by atoms with Gasteiger partial charge in [0.05, 0.1) is 6.04 Å². The molecular weight excluding hydrogens is 308 g/mol. The van der Waals surface area contributed by atoms with Crippen LogP contribution in [0.2, 0.25) is 0 Å². The second-order valence-corrected chi connectivity index (χ2v) is 5.54. The molecular formula is C19H25ClN2O. The Morgan fingerprint density at radius 2 is 1.52 bits per heavy atom. The number of rotatable bonds is 7. The summed E-state index contributed by atoms with van der Waals surface area (Å²) in [6.45, 7) is 2.12. The summed E-state index contributed by atoms with van der Waals surface area (Å²) in [6, 6.07) is 19.6. The Labute approximate surface area is 144 Å². The van der Waals surface area contributed by atoms with Crippen LogP contribution in [-0.2, 0) is 4.79 Å². The van der Waals surface area contributed by atoms with E-state index >= 15 is 0 Å². The average molecular weight is 333 g/mol. The highest BCUT2D eigenvalue weighted by Gasteiger charge is 2.16. The standard InChI is InChI=1S/C19H24N2O.ClH/c1-2-9-18(16-12-7-4-8-13-16)21-19(22)14-17(20)15-10-5-3-6-11-15;/h3-8,10-13,17-18H,2,9,14,20H2,1H3,(H,21,22);1H. The molecule has 2 aromatic rings. The van der Waals surface area contributed by atoms with Crippen molar-refractivity contribution in [2.75, 3.05) is 0 Å². The van der Waals surface area contributed by atoms with Gasteiger partial charge in [-0.1, -0.05) is 74.0 Å². The van der Waals surface area contributed by atoms with Gasteiger partial charge in [0.25, 0.3) is 0 Å². The lowest BCUT2D eigenvalue weighted by Crippen LogP contribution is -2.31. The van der Waals surface area contributed by atoms with Crippen molar-refractivity contribution in [3.63, 3.8) is 0 Å². The van der Waals surface area contributed by atoms with Gasteiger partial charge in [0, 0.05) is 12.5 Å². The molecule has 0 bridgehead atoms. The molecule has 0 radical (unpaired) electrons. The predicted octanol–water partition coefficient (Wildman–Crippen LogP) is 4.16. The minimum atomic E-state index is -0.265. The topological polar surface area (TPSA) is 55.1 Å². The van der Waals surface area contributed by atoms with Crippen molar-refractivity contribution >= 4 is 18.3 Å². The van der Waals surface area contributed by atoms with E-state index in [1.807, 2.05) is 48.5 Å². The molecule has 2 atom stereocenters. The third-order valence-electron chi connectivity index (χ3n) is 3.75. The van der Waals surface area contributed by atoms with Crippen LogP contribution in [0.5, 0.6) is 0 Å². The van der Waals surface area contributed by atoms with Gasteiger partial charge in [-0.25, -0.2) is 0 Å². The summed E-state index contributed by atoms with van der Waals surface area (Å²) >= 11 is 0. The number of benzene rings is 2. The van der Waals surface area contributed by atoms with E-state index in [-0.39, 0.29) is 30.4 Å². The largest absolute Gasteiger partial charge is 0.349 e. The smallest absolute Gasteiger partial charge is 0.222 e. The third kappa shape index (κ3) is 6.05. The van der Waals surface area contributed by atoms with E-state index < -0.39 is 0 Å². The minimum absolute atomic E-state index is 0. The van der Waals surface area contributed by atoms with Crippen molar-refractivity contribution in [3.05, 3.63) is 71.8 Å². The maximum Gasteiger partial charge on any atom is 0.222 e. The molecule has 0 aliphatic rings. The van der Waals surface area contributed by atoms with E-state index in [1.54, 1.807) is 0 Å². The van der Waals surface area contributed by atoms with Crippen LogP contribution < -0.4 is 11.1 Å². The number of carbonyl (C=O) groups excluding carboxylic acids is 1. The minimum Gasteiger partial charge on any atom is -0.349 e. The van der Waals surface area contributed by atoms with E-state index in [4.69, 9.17) is 5.73 Å². The van der Waals surface area contributed by atoms with Gasteiger partial charge in [-0.15, -0.1) is 12.4 Å². The fourth-order valence-corrected chi connectivity index (χ4v) is 2.57. The molecule has 3 N–H and O–H groups in total. The zero-order chi connectivity index (χ0) is 15.8. The Morgan fingerprint density at radius 1 is 1.00 bits per heavy atom. The molecule has 0 fully saturated rings. The van der Waals surface area contributed by atoms with Gasteiger partial charge >= 0.3 is 0 Å². The second kappa shape index (κ2) is 10.0. The van der Waals surface area contributed by atoms with Crippen molar-refractivity contribution in [2.45, 2.75) is 38.3 Å². The normalized spacial score (nSPS) is 12.8. The Hall–Kier alpha value is -1.84. The van der Waals surface area contributed by atoms with Crippen molar-refractivity contribution in [2.24, 2.45) is 5.73 Å². The quantitative estimate of drug-likeness (QED) is 0.800. The lowest BCUT2D eigenvalue weighted by atomic mass is 10.0. The van der Waals surface area contributed by atoms with Crippen molar-refractivity contribution in [1.82, 2.24) is 5.32 Å². The number of nitrogens with one attached hydrogen (secondary N) is 1. The summed E-state index contributed by atoms with van der Waals surface area (Å²) in [5.74, 6) is -0.00124. The van der Waals surface area contributed by atoms with Crippen LogP contribution in [0.3, 0.4) is 0 Å². The summed E-state index contributed by atoms with van der Waals surface area (Å²) in [5.41, 5.74) is 8.26. The monoisotopic (exact) mass is 332 g/mol. The van der Waals surface area contributed by atoms with E-state index in [1.165, 1.54) is 0 Å². The molecule has 1 amide bonds. The van der Waals surface area contributed by atoms with E-state index in [0.29, 0.717) is 6.42 Å². The van der Waals surface area contributed by atoms with E-state index in [2.05, 4.69) is 24.4 Å². The molecule has 3 nitrogen and oxygen atoms in total. The number of amides is 1. The van der Waals surface area contributed by atoms with Crippen LogP contribution in [0, 0.1) is 0 Å². The molecule has 124 valence electrons. The van der Waals surface area contributed by atoms with Crippen molar-refractivity contribution in [3.8, 4) is 0 Å². The van der Waals surface area contributed by atoms with Crippen LogP contribution in [0.4, 0.5) is 0 Å². The van der Waals surface area contributed by atoms with Gasteiger partial charge in [-0.05, 0) is 17.5 Å². The summed E-state index contributed by atoms with van der Waals surface area (Å²) in [4.78, 5) is 12.3. The third-order valence-corrected chi connectivity index (χ3v) is 3.75. The lowest BCUT2D eigenvalue weighted by Gasteiger charge is -2.20. The lowest BCUT2D eigenvalue weighted by molar-refractivity contribution is -0.122. The molecule has 2 unspecified atom stereocenters. The first kappa shape index (κ1) is 19.2. The molecule has 2 aromatic carbocycles. The molecule has 0 heterocycles. The van der Waals surface area contributed by atoms with Crippen molar-refractivity contribution in [1.29, 1.82) is 0 Å². The predicted molar refractivity (Wildman–Crippen MR) is 97.5 cm³/mol. The van der Waals surface area contributed by atoms with Gasteiger partial charge in [-0.3, -0.25) is 4.79 Å². The highest BCUT2D eigenvalue weighted by Crippen LogP contribution is 2.19. The van der Waals surface area contributed by atoms with Crippen LogP contribution in [0.25, 0.3) is 0 Å². The number of hydrogen-bond donors (Lipinski definition) is 2. The van der Waals surface area contributed by atoms with Gasteiger partial charge in [0.2, 0.25) is 5.91 Å². The maximum atomic E-state index is 12.3. The number of nitrogens with two attached hydrogens (primary N) is 1. The molecule has 4 heteroatoms. The molecule has 23 heavy (non-hydrogen) atoms. The SMILES string of the molecule is CCCC(NC(=O)CC(N)c1ccccc1)c1ccccc1.Cl. The summed E-state index contributed by atoms with van der Waals surface area (Å²) in [7, 11) is 0. The fraction of sp³-hybridized carbons (Fsp3) is 0.316. The van der Waals surface area contributed by atoms with Crippen LogP contribution >= 0.6 is 12.4 Å². The van der Waals surface area contributed by atoms with E-state index in [0.717, 1.165) is 24.0 Å². The molecule has 2 rings (SSSR count). The molecule has 0 spiro atoms. The van der Waals surface area contributed by atoms with Crippen LogP contribution in [-0.4, -0.2) is 5.91 Å². The first-order chi connectivity index (χ1) is 10.7. The Kier molecular flexibility index (Phi) is 8.38. The average Bonchev–Trinajstić information content (AvgIpc) is 2.56. The first-order valence-corrected chi connectivity index (χ1v) is 7.85. The Balaban J connectivity index is 0.00000264. The summed E-state index contributed by atoms with van der Waals surface area (Å²) in [5, 5.41) is 3.12. The van der Waals surface area contributed by atoms with Gasteiger partial charge < -0.3 is 11.1 Å². The van der Waals surface area contributed by atoms with Gasteiger partial charge in [-0.2, -0.15) is 0 Å². The molecule has 0 aromatic heterocycles. The molecule has 0 saturated carbocycles. The number of hydrogen-bond acceptors (Lipinski definition) is 2. The highest BCUT2D eigenvalue weighted by atomic mass is 35.5. The van der Waals surface area contributed by atoms with Gasteiger partial charge in [0.15, 0.2) is 0 Å². The summed E-state index contributed by atoms with van der Waals surface area (Å²) < 4.78 is 0. The maximum absolute atomic E-state index is 12.3. The van der Waals surface area contributed by atoms with E-state index in [9.17, 15) is 4.79 Å². The highest BCUT2D eigenvalue weighted by molar-refractivity contribution is 5.85. The number of halogens is 1. The molecule has 0 saturated heterocycles. The second-order valence-electron chi connectivity index (χ2n) is 5.54. The molecule has 0 aliphatic carbocycles. The summed E-state index contributed by atoms with van der Waals surface area (Å²) in [6.07, 6.45) is 2.25. The van der Waals surface area contributed by atoms with Crippen LogP contribution in [0.1, 0.15) is 49.4 Å². The van der Waals surface area contributed by atoms with Gasteiger partial charge in [0.1, 0.15) is 0 Å². The Morgan fingerprint density at radius 3 is 2.04 bits per heavy atom. The number of carbonyl (C=O) groups is 1. The first-order valence-electron chi connectivity index (χ1n) is 7.85. The zero-order valence-electron chi connectivity index (χ0n) is 13.4. The van der Waals surface area contributed by atoms with Crippen molar-refractivity contribution < 1.29 is 4.79 Å². The molecule has 0 aliphatic heterocycles. The zero-order valence-corrected chi connectivity index (χ0v) is 14.3. The fourth-order valence-electron chi connectivity index (χ4n) is 2.57. The van der Waals surface area contributed by atoms with Crippen LogP contribution in [0.15, 0.2) is 60.7 Å². The Bertz CT molecular complexity index is 574.